The standard InChI is InChI=1S/C16H20N2O/c17-13-7-1-2-8-14(13)18-15(19)16-9-3-5-12(11-16)6-4-10-16/h1-3,5,7-8,12H,4,6,9-11,17H2,(H,18,19). The van der Waals surface area contributed by atoms with Crippen molar-refractivity contribution in [3.8, 4) is 0 Å². The van der Waals surface area contributed by atoms with Gasteiger partial charge in [-0.05, 0) is 43.7 Å². The van der Waals surface area contributed by atoms with Crippen LogP contribution < -0.4 is 11.1 Å². The lowest BCUT2D eigenvalue weighted by atomic mass is 9.64. The molecule has 0 radical (unpaired) electrons. The Morgan fingerprint density at radius 1 is 1.37 bits per heavy atom. The normalized spacial score (nSPS) is 28.9. The summed E-state index contributed by atoms with van der Waals surface area (Å²) in [6, 6.07) is 7.46. The number of hydrogen-bond donors (Lipinski definition) is 2. The van der Waals surface area contributed by atoms with Crippen molar-refractivity contribution >= 4 is 17.3 Å². The van der Waals surface area contributed by atoms with Gasteiger partial charge in [0.25, 0.3) is 0 Å². The predicted molar refractivity (Wildman–Crippen MR) is 77.6 cm³/mol. The number of nitrogen functional groups attached to an aromatic ring is 1. The number of fused-ring (bicyclic) bond motifs is 2. The van der Waals surface area contributed by atoms with Crippen LogP contribution in [0.25, 0.3) is 0 Å². The van der Waals surface area contributed by atoms with E-state index in [0.717, 1.165) is 31.4 Å². The van der Waals surface area contributed by atoms with Crippen LogP contribution in [0.3, 0.4) is 0 Å². The largest absolute Gasteiger partial charge is 0.397 e. The number of para-hydroxylation sites is 2. The molecule has 2 bridgehead atoms. The molecule has 0 aliphatic heterocycles. The van der Waals surface area contributed by atoms with Gasteiger partial charge < -0.3 is 11.1 Å². The van der Waals surface area contributed by atoms with E-state index in [1.54, 1.807) is 0 Å². The molecule has 1 saturated carbocycles. The van der Waals surface area contributed by atoms with E-state index in [9.17, 15) is 4.79 Å². The smallest absolute Gasteiger partial charge is 0.230 e. The van der Waals surface area contributed by atoms with E-state index in [1.807, 2.05) is 24.3 Å². The van der Waals surface area contributed by atoms with Crippen LogP contribution in [-0.4, -0.2) is 5.91 Å². The lowest BCUT2D eigenvalue weighted by molar-refractivity contribution is -0.128. The quantitative estimate of drug-likeness (QED) is 0.630. The van der Waals surface area contributed by atoms with Gasteiger partial charge in [-0.25, -0.2) is 0 Å². The highest BCUT2D eigenvalue weighted by Gasteiger charge is 2.43. The molecule has 2 aliphatic carbocycles. The zero-order valence-electron chi connectivity index (χ0n) is 11.1. The van der Waals surface area contributed by atoms with Crippen molar-refractivity contribution in [2.24, 2.45) is 11.3 Å². The number of allylic oxidation sites excluding steroid dienone is 2. The lowest BCUT2D eigenvalue weighted by Gasteiger charge is -2.41. The molecule has 2 aliphatic rings. The van der Waals surface area contributed by atoms with Crippen molar-refractivity contribution in [2.45, 2.75) is 32.1 Å². The summed E-state index contributed by atoms with van der Waals surface area (Å²) in [6.45, 7) is 0. The number of benzene rings is 1. The fourth-order valence-electron chi connectivity index (χ4n) is 3.41. The van der Waals surface area contributed by atoms with E-state index in [2.05, 4.69) is 17.5 Å². The number of anilines is 2. The Balaban J connectivity index is 1.80. The zero-order valence-corrected chi connectivity index (χ0v) is 11.1. The summed E-state index contributed by atoms with van der Waals surface area (Å²) in [5.41, 5.74) is 7.05. The Hall–Kier alpha value is -1.77. The van der Waals surface area contributed by atoms with E-state index in [0.29, 0.717) is 11.6 Å². The molecule has 100 valence electrons. The lowest BCUT2D eigenvalue weighted by Crippen LogP contribution is -2.41. The summed E-state index contributed by atoms with van der Waals surface area (Å²) in [5.74, 6) is 0.723. The van der Waals surface area contributed by atoms with E-state index < -0.39 is 0 Å². The van der Waals surface area contributed by atoms with Gasteiger partial charge in [-0.3, -0.25) is 4.79 Å². The van der Waals surface area contributed by atoms with Crippen LogP contribution in [0, 0.1) is 11.3 Å². The number of rotatable bonds is 2. The number of carbonyl (C=O) groups excluding carboxylic acids is 1. The highest BCUT2D eigenvalue weighted by Crippen LogP contribution is 2.46. The van der Waals surface area contributed by atoms with E-state index in [-0.39, 0.29) is 11.3 Å². The third-order valence-electron chi connectivity index (χ3n) is 4.49. The second-order valence-electron chi connectivity index (χ2n) is 5.81. The predicted octanol–water partition coefficient (Wildman–Crippen LogP) is 3.34. The van der Waals surface area contributed by atoms with Crippen LogP contribution in [-0.2, 0) is 4.79 Å². The average molecular weight is 256 g/mol. The molecule has 0 saturated heterocycles. The summed E-state index contributed by atoms with van der Waals surface area (Å²) < 4.78 is 0. The SMILES string of the molecule is Nc1ccccc1NC(=O)C12CC=CC(CCC1)C2. The number of nitrogens with two attached hydrogens (primary N) is 1. The molecule has 1 aromatic carbocycles. The summed E-state index contributed by atoms with van der Waals surface area (Å²) in [7, 11) is 0. The Morgan fingerprint density at radius 2 is 2.21 bits per heavy atom. The number of carbonyl (C=O) groups is 1. The van der Waals surface area contributed by atoms with Crippen molar-refractivity contribution in [3.05, 3.63) is 36.4 Å². The molecular formula is C16H20N2O. The first-order chi connectivity index (χ1) is 9.20. The molecule has 3 nitrogen and oxygen atoms in total. The maximum Gasteiger partial charge on any atom is 0.230 e. The molecule has 1 fully saturated rings. The summed E-state index contributed by atoms with van der Waals surface area (Å²) in [6.07, 6.45) is 9.67. The van der Waals surface area contributed by atoms with Gasteiger partial charge in [-0.15, -0.1) is 0 Å². The summed E-state index contributed by atoms with van der Waals surface area (Å²) >= 11 is 0. The molecule has 3 N–H and O–H groups in total. The number of hydrogen-bond acceptors (Lipinski definition) is 2. The van der Waals surface area contributed by atoms with Gasteiger partial charge in [0.2, 0.25) is 5.91 Å². The average Bonchev–Trinajstić information content (AvgIpc) is 2.41. The van der Waals surface area contributed by atoms with Crippen LogP contribution in [0.1, 0.15) is 32.1 Å². The fraction of sp³-hybridized carbons (Fsp3) is 0.438. The third-order valence-corrected chi connectivity index (χ3v) is 4.49. The molecule has 2 unspecified atom stereocenters. The Morgan fingerprint density at radius 3 is 3.05 bits per heavy atom. The van der Waals surface area contributed by atoms with Gasteiger partial charge in [0.05, 0.1) is 16.8 Å². The Labute approximate surface area is 113 Å². The van der Waals surface area contributed by atoms with Crippen LogP contribution in [0.5, 0.6) is 0 Å². The number of nitrogens with one attached hydrogen (secondary N) is 1. The molecular weight excluding hydrogens is 236 g/mol. The minimum Gasteiger partial charge on any atom is -0.397 e. The van der Waals surface area contributed by atoms with Gasteiger partial charge in [-0.2, -0.15) is 0 Å². The summed E-state index contributed by atoms with van der Waals surface area (Å²) in [4.78, 5) is 12.7. The molecule has 3 rings (SSSR count). The van der Waals surface area contributed by atoms with Crippen molar-refractivity contribution in [1.29, 1.82) is 0 Å². The molecule has 0 heterocycles. The van der Waals surface area contributed by atoms with Gasteiger partial charge in [0.15, 0.2) is 0 Å². The van der Waals surface area contributed by atoms with Crippen molar-refractivity contribution in [2.75, 3.05) is 11.1 Å². The first-order valence-corrected chi connectivity index (χ1v) is 7.02. The van der Waals surface area contributed by atoms with Gasteiger partial charge in [0.1, 0.15) is 0 Å². The maximum atomic E-state index is 12.7. The fourth-order valence-corrected chi connectivity index (χ4v) is 3.41. The first-order valence-electron chi connectivity index (χ1n) is 7.02. The topological polar surface area (TPSA) is 55.1 Å². The van der Waals surface area contributed by atoms with Gasteiger partial charge in [-0.1, -0.05) is 30.7 Å². The van der Waals surface area contributed by atoms with Crippen LogP contribution in [0.15, 0.2) is 36.4 Å². The molecule has 19 heavy (non-hydrogen) atoms. The molecule has 0 spiro atoms. The van der Waals surface area contributed by atoms with E-state index in [1.165, 1.54) is 6.42 Å². The highest BCUT2D eigenvalue weighted by atomic mass is 16.2. The zero-order chi connectivity index (χ0) is 13.3. The van der Waals surface area contributed by atoms with Crippen LogP contribution in [0.2, 0.25) is 0 Å². The number of amides is 1. The van der Waals surface area contributed by atoms with Crippen LogP contribution in [0.4, 0.5) is 11.4 Å². The van der Waals surface area contributed by atoms with Gasteiger partial charge in [0, 0.05) is 0 Å². The first kappa shape index (κ1) is 12.3. The Kier molecular flexibility index (Phi) is 3.05. The molecule has 0 aromatic heterocycles. The van der Waals surface area contributed by atoms with E-state index in [4.69, 9.17) is 5.73 Å². The van der Waals surface area contributed by atoms with Crippen molar-refractivity contribution in [3.63, 3.8) is 0 Å². The highest BCUT2D eigenvalue weighted by molar-refractivity contribution is 5.98. The maximum absolute atomic E-state index is 12.7. The van der Waals surface area contributed by atoms with E-state index >= 15 is 0 Å². The molecule has 2 atom stereocenters. The monoisotopic (exact) mass is 256 g/mol. The van der Waals surface area contributed by atoms with Gasteiger partial charge >= 0.3 is 0 Å². The third kappa shape index (κ3) is 2.25. The second kappa shape index (κ2) is 4.72. The minimum absolute atomic E-state index is 0.138. The second-order valence-corrected chi connectivity index (χ2v) is 5.81. The summed E-state index contributed by atoms with van der Waals surface area (Å²) in [5, 5.41) is 3.03. The molecule has 1 aromatic rings. The molecule has 3 heteroatoms. The molecule has 1 amide bonds. The minimum atomic E-state index is -0.208. The van der Waals surface area contributed by atoms with Crippen LogP contribution >= 0.6 is 0 Å². The van der Waals surface area contributed by atoms with Crippen molar-refractivity contribution < 1.29 is 4.79 Å². The van der Waals surface area contributed by atoms with Crippen molar-refractivity contribution in [1.82, 2.24) is 0 Å². The Bertz CT molecular complexity index is 523.